The molecule has 1 amide bonds. The van der Waals surface area contributed by atoms with Gasteiger partial charge < -0.3 is 19.1 Å². The Bertz CT molecular complexity index is 1090. The number of rotatable bonds is 5. The average Bonchev–Trinajstić information content (AvgIpc) is 3.19. The molecule has 0 bridgehead atoms. The number of piperazine rings is 1. The maximum absolute atomic E-state index is 13.4. The fourth-order valence-corrected chi connectivity index (χ4v) is 3.88. The Balaban J connectivity index is 1.54. The van der Waals surface area contributed by atoms with Crippen LogP contribution in [0.5, 0.6) is 5.75 Å². The zero-order valence-electron chi connectivity index (χ0n) is 18.4. The third-order valence-electron chi connectivity index (χ3n) is 5.53. The van der Waals surface area contributed by atoms with Crippen molar-refractivity contribution in [1.82, 2.24) is 20.0 Å². The molecule has 3 aromatic rings. The van der Waals surface area contributed by atoms with E-state index >= 15 is 0 Å². The molecule has 0 spiro atoms. The first-order valence-corrected chi connectivity index (χ1v) is 10.5. The first kappa shape index (κ1) is 20.8. The molecule has 1 aliphatic rings. The van der Waals surface area contributed by atoms with Crippen molar-refractivity contribution in [3.8, 4) is 17.0 Å². The molecular formula is C23H27N5O3. The Labute approximate surface area is 181 Å². The highest BCUT2D eigenvalue weighted by Crippen LogP contribution is 2.33. The number of benzene rings is 1. The summed E-state index contributed by atoms with van der Waals surface area (Å²) in [6.45, 7) is 8.41. The summed E-state index contributed by atoms with van der Waals surface area (Å²) in [4.78, 5) is 26.6. The number of carbonyl (C=O) groups is 1. The van der Waals surface area contributed by atoms with E-state index in [0.29, 0.717) is 48.9 Å². The zero-order valence-corrected chi connectivity index (χ0v) is 18.4. The summed E-state index contributed by atoms with van der Waals surface area (Å²) < 4.78 is 10.9. The summed E-state index contributed by atoms with van der Waals surface area (Å²) in [5.74, 6) is 2.85. The summed E-state index contributed by atoms with van der Waals surface area (Å²) in [5.41, 5.74) is 2.71. The second kappa shape index (κ2) is 8.75. The van der Waals surface area contributed by atoms with E-state index in [4.69, 9.17) is 9.26 Å². The van der Waals surface area contributed by atoms with Crippen molar-refractivity contribution in [1.29, 1.82) is 0 Å². The summed E-state index contributed by atoms with van der Waals surface area (Å²) in [6.07, 6.45) is 0.797. The van der Waals surface area contributed by atoms with E-state index < -0.39 is 0 Å². The lowest BCUT2D eigenvalue weighted by atomic mass is 10.0. The molecule has 1 aliphatic heterocycles. The number of aromatic nitrogens is 3. The largest absolute Gasteiger partial charge is 0.496 e. The Morgan fingerprint density at radius 3 is 2.58 bits per heavy atom. The number of amides is 1. The molecule has 0 aliphatic carbocycles. The molecule has 0 N–H and O–H groups in total. The third kappa shape index (κ3) is 4.10. The first-order valence-electron chi connectivity index (χ1n) is 10.5. The molecule has 4 rings (SSSR count). The van der Waals surface area contributed by atoms with Gasteiger partial charge in [0.15, 0.2) is 0 Å². The highest BCUT2D eigenvalue weighted by Gasteiger charge is 2.30. The Morgan fingerprint density at radius 1 is 1.13 bits per heavy atom. The smallest absolute Gasteiger partial charge is 0.259 e. The first-order chi connectivity index (χ1) is 15.0. The number of ether oxygens (including phenoxy) is 1. The highest BCUT2D eigenvalue weighted by molar-refractivity contribution is 6.01. The second-order valence-electron chi connectivity index (χ2n) is 7.58. The van der Waals surface area contributed by atoms with Crippen LogP contribution in [0.1, 0.15) is 34.6 Å². The van der Waals surface area contributed by atoms with E-state index in [-0.39, 0.29) is 5.91 Å². The summed E-state index contributed by atoms with van der Waals surface area (Å²) in [6, 6.07) is 9.51. The number of anilines is 1. The fraction of sp³-hybridized carbons (Fsp3) is 0.391. The van der Waals surface area contributed by atoms with Gasteiger partial charge in [-0.25, -0.2) is 9.97 Å². The van der Waals surface area contributed by atoms with Gasteiger partial charge in [0.1, 0.15) is 34.4 Å². The SMILES string of the molecule is CCc1nc(C)cc(N2CCN(C(=O)c3c(-c4ccccc4OC)noc3C)CC2)n1. The van der Waals surface area contributed by atoms with Crippen molar-refractivity contribution in [3.63, 3.8) is 0 Å². The minimum absolute atomic E-state index is 0.0765. The van der Waals surface area contributed by atoms with E-state index in [2.05, 4.69) is 26.9 Å². The number of para-hydroxylation sites is 1. The Kier molecular flexibility index (Phi) is 5.88. The van der Waals surface area contributed by atoms with Gasteiger partial charge in [0.2, 0.25) is 0 Å². The van der Waals surface area contributed by atoms with Gasteiger partial charge in [-0.2, -0.15) is 0 Å². The van der Waals surface area contributed by atoms with Crippen LogP contribution in [-0.2, 0) is 6.42 Å². The summed E-state index contributed by atoms with van der Waals surface area (Å²) in [7, 11) is 1.60. The van der Waals surface area contributed by atoms with Crippen LogP contribution < -0.4 is 9.64 Å². The topological polar surface area (TPSA) is 84.6 Å². The van der Waals surface area contributed by atoms with Gasteiger partial charge in [0.05, 0.1) is 7.11 Å². The van der Waals surface area contributed by atoms with Crippen molar-refractivity contribution in [2.45, 2.75) is 27.2 Å². The molecular weight excluding hydrogens is 394 g/mol. The minimum Gasteiger partial charge on any atom is -0.496 e. The lowest BCUT2D eigenvalue weighted by molar-refractivity contribution is 0.0745. The van der Waals surface area contributed by atoms with Gasteiger partial charge in [0.25, 0.3) is 5.91 Å². The Hall–Kier alpha value is -3.42. The molecule has 0 unspecified atom stereocenters. The molecule has 162 valence electrons. The van der Waals surface area contributed by atoms with Crippen LogP contribution in [0.3, 0.4) is 0 Å². The van der Waals surface area contributed by atoms with Crippen molar-refractivity contribution >= 4 is 11.7 Å². The molecule has 0 atom stereocenters. The zero-order chi connectivity index (χ0) is 22.0. The van der Waals surface area contributed by atoms with E-state index in [1.807, 2.05) is 42.2 Å². The number of aryl methyl sites for hydroxylation is 3. The molecule has 1 fully saturated rings. The molecule has 0 saturated carbocycles. The van der Waals surface area contributed by atoms with Crippen LogP contribution in [-0.4, -0.2) is 59.2 Å². The van der Waals surface area contributed by atoms with Crippen LogP contribution in [0.25, 0.3) is 11.3 Å². The van der Waals surface area contributed by atoms with Crippen molar-refractivity contribution in [2.75, 3.05) is 38.2 Å². The number of hydrogen-bond acceptors (Lipinski definition) is 7. The van der Waals surface area contributed by atoms with Crippen LogP contribution >= 0.6 is 0 Å². The number of carbonyl (C=O) groups excluding carboxylic acids is 1. The molecule has 1 saturated heterocycles. The number of methoxy groups -OCH3 is 1. The molecule has 31 heavy (non-hydrogen) atoms. The molecule has 2 aromatic heterocycles. The van der Waals surface area contributed by atoms with E-state index in [1.54, 1.807) is 14.0 Å². The van der Waals surface area contributed by atoms with E-state index in [9.17, 15) is 4.79 Å². The van der Waals surface area contributed by atoms with E-state index in [0.717, 1.165) is 29.3 Å². The Morgan fingerprint density at radius 2 is 1.87 bits per heavy atom. The van der Waals surface area contributed by atoms with Crippen LogP contribution in [0.2, 0.25) is 0 Å². The maximum atomic E-state index is 13.4. The fourth-order valence-electron chi connectivity index (χ4n) is 3.88. The van der Waals surface area contributed by atoms with Crippen molar-refractivity contribution < 1.29 is 14.1 Å². The summed E-state index contributed by atoms with van der Waals surface area (Å²) in [5, 5.41) is 4.17. The molecule has 8 nitrogen and oxygen atoms in total. The van der Waals surface area contributed by atoms with Crippen molar-refractivity contribution in [2.24, 2.45) is 0 Å². The van der Waals surface area contributed by atoms with Gasteiger partial charge >= 0.3 is 0 Å². The summed E-state index contributed by atoms with van der Waals surface area (Å²) >= 11 is 0. The predicted molar refractivity (Wildman–Crippen MR) is 117 cm³/mol. The van der Waals surface area contributed by atoms with Gasteiger partial charge in [0, 0.05) is 49.9 Å². The van der Waals surface area contributed by atoms with Crippen LogP contribution in [0.15, 0.2) is 34.9 Å². The maximum Gasteiger partial charge on any atom is 0.259 e. The van der Waals surface area contributed by atoms with Gasteiger partial charge in [-0.05, 0) is 26.0 Å². The molecule has 0 radical (unpaired) electrons. The van der Waals surface area contributed by atoms with Gasteiger partial charge in [-0.3, -0.25) is 4.79 Å². The van der Waals surface area contributed by atoms with Gasteiger partial charge in [-0.1, -0.05) is 24.2 Å². The van der Waals surface area contributed by atoms with Crippen LogP contribution in [0.4, 0.5) is 5.82 Å². The molecule has 3 heterocycles. The van der Waals surface area contributed by atoms with Crippen molar-refractivity contribution in [3.05, 3.63) is 53.2 Å². The monoisotopic (exact) mass is 421 g/mol. The molecule has 8 heteroatoms. The number of hydrogen-bond donors (Lipinski definition) is 0. The van der Waals surface area contributed by atoms with Gasteiger partial charge in [-0.15, -0.1) is 0 Å². The second-order valence-corrected chi connectivity index (χ2v) is 7.58. The molecule has 1 aromatic carbocycles. The average molecular weight is 422 g/mol. The quantitative estimate of drug-likeness (QED) is 0.625. The number of nitrogens with zero attached hydrogens (tertiary/aromatic N) is 5. The van der Waals surface area contributed by atoms with E-state index in [1.165, 1.54) is 0 Å². The highest BCUT2D eigenvalue weighted by atomic mass is 16.5. The lowest BCUT2D eigenvalue weighted by Crippen LogP contribution is -2.49. The normalized spacial score (nSPS) is 14.1. The lowest BCUT2D eigenvalue weighted by Gasteiger charge is -2.35. The third-order valence-corrected chi connectivity index (χ3v) is 5.53. The van der Waals surface area contributed by atoms with Crippen LogP contribution in [0, 0.1) is 13.8 Å². The minimum atomic E-state index is -0.0765. The standard InChI is InChI=1S/C23H27N5O3/c1-5-19-24-15(2)14-20(25-19)27-10-12-28(13-11-27)23(29)21-16(3)31-26-22(21)17-8-6-7-9-18(17)30-4/h6-9,14H,5,10-13H2,1-4H3. The predicted octanol–water partition coefficient (Wildman–Crippen LogP) is 3.28.